The largest absolute Gasteiger partial charge is 0.494 e. The van der Waals surface area contributed by atoms with Crippen LogP contribution >= 0.6 is 11.3 Å². The van der Waals surface area contributed by atoms with Crippen LogP contribution in [0.2, 0.25) is 0 Å². The number of hydrogen-bond donors (Lipinski definition) is 1. The number of carbonyl (C=O) groups excluding carboxylic acids is 2. The Balaban J connectivity index is 1.54. The van der Waals surface area contributed by atoms with Gasteiger partial charge in [0.25, 0.3) is 5.91 Å². The van der Waals surface area contributed by atoms with Crippen LogP contribution in [0.15, 0.2) is 41.8 Å². The fourth-order valence-corrected chi connectivity index (χ4v) is 6.03. The second-order valence-corrected chi connectivity index (χ2v) is 10.2. The zero-order valence-electron chi connectivity index (χ0n) is 19.3. The van der Waals surface area contributed by atoms with E-state index in [1.165, 1.54) is 6.42 Å². The summed E-state index contributed by atoms with van der Waals surface area (Å²) >= 11 is 1.62. The Bertz CT molecular complexity index is 1180. The van der Waals surface area contributed by atoms with E-state index in [4.69, 9.17) is 4.74 Å². The molecule has 0 spiro atoms. The molecule has 7 heteroatoms. The lowest BCUT2D eigenvalue weighted by Crippen LogP contribution is -2.64. The highest BCUT2D eigenvalue weighted by Gasteiger charge is 2.48. The smallest absolute Gasteiger partial charge is 0.271 e. The Hall–Kier alpha value is -2.80. The SMILES string of the molecule is CCOc1ccccc1CN1C(=O)c2cc3sccc3n2C[C@@]1(C)C(=O)NC1CCCCC1. The summed E-state index contributed by atoms with van der Waals surface area (Å²) in [6, 6.07) is 12.0. The van der Waals surface area contributed by atoms with Crippen molar-refractivity contribution in [2.45, 2.75) is 70.6 Å². The van der Waals surface area contributed by atoms with Crippen LogP contribution < -0.4 is 10.1 Å². The maximum atomic E-state index is 13.9. The maximum absolute atomic E-state index is 13.9. The number of rotatable bonds is 6. The van der Waals surface area contributed by atoms with Crippen LogP contribution in [0.4, 0.5) is 0 Å². The second kappa shape index (κ2) is 8.86. The number of hydrogen-bond acceptors (Lipinski definition) is 4. The molecule has 0 radical (unpaired) electrons. The van der Waals surface area contributed by atoms with Crippen molar-refractivity contribution in [2.75, 3.05) is 6.61 Å². The third-order valence-electron chi connectivity index (χ3n) is 7.08. The van der Waals surface area contributed by atoms with E-state index in [1.807, 2.05) is 60.2 Å². The minimum Gasteiger partial charge on any atom is -0.494 e. The summed E-state index contributed by atoms with van der Waals surface area (Å²) in [7, 11) is 0. The highest BCUT2D eigenvalue weighted by Crippen LogP contribution is 2.36. The molecule has 2 aliphatic rings. The minimum absolute atomic E-state index is 0.0700. The van der Waals surface area contributed by atoms with Crippen molar-refractivity contribution in [1.29, 1.82) is 0 Å². The number of nitrogens with zero attached hydrogens (tertiary/aromatic N) is 2. The van der Waals surface area contributed by atoms with Crippen LogP contribution in [-0.2, 0) is 17.9 Å². The first-order valence-corrected chi connectivity index (χ1v) is 12.8. The van der Waals surface area contributed by atoms with E-state index >= 15 is 0 Å². The molecule has 1 saturated carbocycles. The number of amides is 2. The van der Waals surface area contributed by atoms with Gasteiger partial charge in [0.2, 0.25) is 5.91 Å². The first kappa shape index (κ1) is 22.0. The molecule has 6 nitrogen and oxygen atoms in total. The topological polar surface area (TPSA) is 63.6 Å². The maximum Gasteiger partial charge on any atom is 0.271 e. The standard InChI is InChI=1S/C26H31N3O3S/c1-3-32-22-12-8-7-9-18(22)16-29-24(30)21-15-23-20(13-14-33-23)28(21)17-26(29,2)25(31)27-19-10-5-4-6-11-19/h7-9,12-15,19H,3-6,10-11,16-17H2,1-2H3,(H,27,31)/t26-/m0/s1. The lowest BCUT2D eigenvalue weighted by Gasteiger charge is -2.45. The molecule has 1 atom stereocenters. The molecule has 5 rings (SSSR count). The average molecular weight is 466 g/mol. The molecule has 3 heterocycles. The van der Waals surface area contributed by atoms with Crippen molar-refractivity contribution in [1.82, 2.24) is 14.8 Å². The van der Waals surface area contributed by atoms with Gasteiger partial charge in [-0.2, -0.15) is 0 Å². The number of benzene rings is 1. The lowest BCUT2D eigenvalue weighted by molar-refractivity contribution is -0.134. The molecule has 2 amide bonds. The van der Waals surface area contributed by atoms with E-state index in [0.717, 1.165) is 47.2 Å². The van der Waals surface area contributed by atoms with Gasteiger partial charge in [0.15, 0.2) is 0 Å². The second-order valence-electron chi connectivity index (χ2n) is 9.30. The summed E-state index contributed by atoms with van der Waals surface area (Å²) in [6.07, 6.45) is 5.52. The summed E-state index contributed by atoms with van der Waals surface area (Å²) in [5, 5.41) is 5.33. The minimum atomic E-state index is -1.01. The number of aromatic nitrogens is 1. The molecule has 174 valence electrons. The fourth-order valence-electron chi connectivity index (χ4n) is 5.21. The van der Waals surface area contributed by atoms with E-state index in [0.29, 0.717) is 25.4 Å². The molecular weight excluding hydrogens is 434 g/mol. The van der Waals surface area contributed by atoms with Gasteiger partial charge >= 0.3 is 0 Å². The van der Waals surface area contributed by atoms with Crippen molar-refractivity contribution in [3.8, 4) is 5.75 Å². The highest BCUT2D eigenvalue weighted by atomic mass is 32.1. The van der Waals surface area contributed by atoms with Crippen molar-refractivity contribution < 1.29 is 14.3 Å². The Morgan fingerprint density at radius 3 is 2.79 bits per heavy atom. The van der Waals surface area contributed by atoms with E-state index in [2.05, 4.69) is 5.32 Å². The van der Waals surface area contributed by atoms with Gasteiger partial charge < -0.3 is 19.5 Å². The highest BCUT2D eigenvalue weighted by molar-refractivity contribution is 7.17. The fraction of sp³-hybridized carbons (Fsp3) is 0.462. The molecule has 0 saturated heterocycles. The summed E-state index contributed by atoms with van der Waals surface area (Å²) in [5.41, 5.74) is 1.57. The molecule has 1 N–H and O–H groups in total. The molecule has 2 aromatic heterocycles. The Morgan fingerprint density at radius 1 is 1.21 bits per heavy atom. The molecule has 1 fully saturated rings. The quantitative estimate of drug-likeness (QED) is 0.559. The van der Waals surface area contributed by atoms with E-state index in [1.54, 1.807) is 16.2 Å². The number of para-hydroxylation sites is 1. The Kier molecular flexibility index (Phi) is 5.91. The molecule has 1 aliphatic carbocycles. The number of nitrogens with one attached hydrogen (secondary N) is 1. The van der Waals surface area contributed by atoms with Crippen LogP contribution in [0.25, 0.3) is 10.2 Å². The number of thiophene rings is 1. The van der Waals surface area contributed by atoms with Crippen molar-refractivity contribution in [2.24, 2.45) is 0 Å². The van der Waals surface area contributed by atoms with Gasteiger partial charge in [0.05, 0.1) is 29.9 Å². The van der Waals surface area contributed by atoms with Crippen molar-refractivity contribution in [3.63, 3.8) is 0 Å². The van der Waals surface area contributed by atoms with Crippen LogP contribution in [0.5, 0.6) is 5.75 Å². The van der Waals surface area contributed by atoms with Crippen molar-refractivity contribution >= 4 is 33.4 Å². The zero-order valence-corrected chi connectivity index (χ0v) is 20.1. The molecule has 1 aromatic carbocycles. The molecule has 0 bridgehead atoms. The van der Waals surface area contributed by atoms with Crippen LogP contribution in [0.3, 0.4) is 0 Å². The monoisotopic (exact) mass is 465 g/mol. The van der Waals surface area contributed by atoms with E-state index in [-0.39, 0.29) is 17.9 Å². The van der Waals surface area contributed by atoms with Crippen molar-refractivity contribution in [3.05, 3.63) is 53.0 Å². The first-order valence-electron chi connectivity index (χ1n) is 11.9. The van der Waals surface area contributed by atoms with Gasteiger partial charge in [-0.15, -0.1) is 11.3 Å². The third kappa shape index (κ3) is 3.92. The first-order chi connectivity index (χ1) is 16.0. The van der Waals surface area contributed by atoms with Crippen LogP contribution in [0, 0.1) is 0 Å². The zero-order chi connectivity index (χ0) is 23.0. The molecule has 33 heavy (non-hydrogen) atoms. The molecule has 3 aromatic rings. The summed E-state index contributed by atoms with van der Waals surface area (Å²) in [4.78, 5) is 29.4. The number of fused-ring (bicyclic) bond motifs is 3. The van der Waals surface area contributed by atoms with Gasteiger partial charge in [-0.25, -0.2) is 0 Å². The predicted octanol–water partition coefficient (Wildman–Crippen LogP) is 4.97. The third-order valence-corrected chi connectivity index (χ3v) is 7.93. The van der Waals surface area contributed by atoms with Gasteiger partial charge in [-0.1, -0.05) is 37.5 Å². The normalized spacial score (nSPS) is 21.3. The number of ether oxygens (including phenoxy) is 1. The van der Waals surface area contributed by atoms with E-state index in [9.17, 15) is 9.59 Å². The summed E-state index contributed by atoms with van der Waals surface area (Å²) in [5.74, 6) is 0.571. The Morgan fingerprint density at radius 2 is 2.00 bits per heavy atom. The van der Waals surface area contributed by atoms with E-state index < -0.39 is 5.54 Å². The van der Waals surface area contributed by atoms with Gasteiger partial charge in [-0.05, 0) is 50.3 Å². The molecular formula is C26H31N3O3S. The average Bonchev–Trinajstić information content (AvgIpc) is 3.41. The lowest BCUT2D eigenvalue weighted by atomic mass is 9.91. The van der Waals surface area contributed by atoms with Crippen LogP contribution in [0.1, 0.15) is 62.0 Å². The molecule has 1 aliphatic heterocycles. The summed E-state index contributed by atoms with van der Waals surface area (Å²) < 4.78 is 8.93. The Labute approximate surface area is 198 Å². The van der Waals surface area contributed by atoms with Gasteiger partial charge in [-0.3, -0.25) is 9.59 Å². The van der Waals surface area contributed by atoms with Gasteiger partial charge in [0.1, 0.15) is 17.0 Å². The van der Waals surface area contributed by atoms with Crippen LogP contribution in [-0.4, -0.2) is 39.5 Å². The van der Waals surface area contributed by atoms with Gasteiger partial charge in [0, 0.05) is 11.6 Å². The number of carbonyl (C=O) groups is 2. The summed E-state index contributed by atoms with van der Waals surface area (Å²) in [6.45, 7) is 5.16. The predicted molar refractivity (Wildman–Crippen MR) is 131 cm³/mol. The molecule has 0 unspecified atom stereocenters.